The van der Waals surface area contributed by atoms with Gasteiger partial charge in [0.15, 0.2) is 6.29 Å². The predicted molar refractivity (Wildman–Crippen MR) is 275 cm³/mol. The Bertz CT molecular complexity index is 1140. The molecule has 1 fully saturated rings. The highest BCUT2D eigenvalue weighted by molar-refractivity contribution is 5.80. The van der Waals surface area contributed by atoms with E-state index in [1.807, 2.05) is 0 Å². The first-order chi connectivity index (χ1) is 32.7. The number of allylic oxidation sites excluding steroid dienone is 4. The van der Waals surface area contributed by atoms with Gasteiger partial charge in [0.1, 0.15) is 36.6 Å². The number of rotatable bonds is 48. The molecular weight excluding hydrogens is 847 g/mol. The number of aliphatic hydroxyl groups excluding tert-OH is 7. The highest BCUT2D eigenvalue weighted by Crippen LogP contribution is 2.23. The van der Waals surface area contributed by atoms with Gasteiger partial charge >= 0.3 is 0 Å². The maximum Gasteiger partial charge on any atom is 0.249 e. The summed E-state index contributed by atoms with van der Waals surface area (Å²) in [5.74, 6) is -0.707. The van der Waals surface area contributed by atoms with Crippen LogP contribution in [0, 0.1) is 0 Å². The largest absolute Gasteiger partial charge is 0.394 e. The van der Waals surface area contributed by atoms with Crippen LogP contribution in [0.15, 0.2) is 24.3 Å². The van der Waals surface area contributed by atoms with E-state index in [2.05, 4.69) is 43.5 Å². The van der Waals surface area contributed by atoms with Crippen molar-refractivity contribution < 1.29 is 50.0 Å². The van der Waals surface area contributed by atoms with Crippen LogP contribution in [0.5, 0.6) is 0 Å². The zero-order valence-corrected chi connectivity index (χ0v) is 43.1. The molecule has 0 aromatic carbocycles. The molecule has 0 bridgehead atoms. The van der Waals surface area contributed by atoms with Crippen molar-refractivity contribution in [2.45, 2.75) is 313 Å². The zero-order chi connectivity index (χ0) is 49.0. The van der Waals surface area contributed by atoms with E-state index in [9.17, 15) is 40.5 Å². The molecule has 396 valence electrons. The summed E-state index contributed by atoms with van der Waals surface area (Å²) in [6.45, 7) is 3.46. The van der Waals surface area contributed by atoms with E-state index in [0.29, 0.717) is 19.3 Å². The summed E-state index contributed by atoms with van der Waals surface area (Å²) in [5, 5.41) is 76.0. The van der Waals surface area contributed by atoms with Gasteiger partial charge < -0.3 is 50.5 Å². The summed E-state index contributed by atoms with van der Waals surface area (Å²) >= 11 is 0. The number of hydrogen-bond acceptors (Lipinski definition) is 10. The molecule has 8 N–H and O–H groups in total. The highest BCUT2D eigenvalue weighted by atomic mass is 16.7. The van der Waals surface area contributed by atoms with Gasteiger partial charge in [0.2, 0.25) is 5.91 Å². The smallest absolute Gasteiger partial charge is 0.249 e. The Kier molecular flexibility index (Phi) is 43.4. The first-order valence-electron chi connectivity index (χ1n) is 28.2. The van der Waals surface area contributed by atoms with E-state index >= 15 is 0 Å². The Hall–Kier alpha value is -1.41. The fourth-order valence-corrected chi connectivity index (χ4v) is 9.11. The lowest BCUT2D eigenvalue weighted by Gasteiger charge is -2.40. The predicted octanol–water partition coefficient (Wildman–Crippen LogP) is 11.3. The van der Waals surface area contributed by atoms with Crippen LogP contribution in [0.1, 0.15) is 258 Å². The van der Waals surface area contributed by atoms with Crippen LogP contribution in [-0.2, 0) is 14.3 Å². The lowest BCUT2D eigenvalue weighted by Crippen LogP contribution is -2.60. The van der Waals surface area contributed by atoms with E-state index in [0.717, 1.165) is 38.5 Å². The molecule has 0 radical (unpaired) electrons. The number of amides is 1. The molecule has 1 saturated heterocycles. The van der Waals surface area contributed by atoms with Crippen LogP contribution in [0.4, 0.5) is 0 Å². The van der Waals surface area contributed by atoms with E-state index in [1.165, 1.54) is 173 Å². The van der Waals surface area contributed by atoms with Gasteiger partial charge in [-0.2, -0.15) is 0 Å². The Labute approximate surface area is 410 Å². The fraction of sp³-hybridized carbons (Fsp3) is 0.911. The summed E-state index contributed by atoms with van der Waals surface area (Å²) in [5.41, 5.74) is 0. The van der Waals surface area contributed by atoms with Crippen LogP contribution in [0.3, 0.4) is 0 Å². The van der Waals surface area contributed by atoms with E-state index in [-0.39, 0.29) is 12.8 Å². The van der Waals surface area contributed by atoms with Crippen molar-refractivity contribution in [2.75, 3.05) is 13.2 Å². The van der Waals surface area contributed by atoms with Crippen molar-refractivity contribution >= 4 is 5.91 Å². The Morgan fingerprint density at radius 3 is 1.33 bits per heavy atom. The standard InChI is InChI=1S/C56H107NO10/c1-3-5-7-9-11-13-15-17-19-21-22-23-24-25-26-27-28-30-31-33-35-37-39-41-43-48(59)51(61)47(46-66-56-54(64)53(63)52(62)50(45-58)67-56)57-55(65)49(60)44-42-40-38-36-34-32-29-20-18-16-14-12-10-8-6-4-2/h28,30,35,37,47-54,56,58-64H,3-27,29,31-34,36,38-46H2,1-2H3,(H,57,65)/b30-28+,37-35+. The molecule has 11 heteroatoms. The van der Waals surface area contributed by atoms with Crippen molar-refractivity contribution in [2.24, 2.45) is 0 Å². The van der Waals surface area contributed by atoms with Crippen LogP contribution >= 0.6 is 0 Å². The van der Waals surface area contributed by atoms with Gasteiger partial charge in [-0.1, -0.05) is 231 Å². The molecule has 1 aliphatic heterocycles. The van der Waals surface area contributed by atoms with Gasteiger partial charge in [-0.25, -0.2) is 0 Å². The number of carbonyl (C=O) groups excluding carboxylic acids is 1. The van der Waals surface area contributed by atoms with E-state index in [4.69, 9.17) is 9.47 Å². The summed E-state index contributed by atoms with van der Waals surface area (Å²) in [6, 6.07) is -1.19. The monoisotopic (exact) mass is 954 g/mol. The third-order valence-corrected chi connectivity index (χ3v) is 13.7. The second kappa shape index (κ2) is 45.7. The molecule has 1 heterocycles. The number of unbranched alkanes of at least 4 members (excludes halogenated alkanes) is 32. The van der Waals surface area contributed by atoms with E-state index < -0.39 is 74.2 Å². The summed E-state index contributed by atoms with van der Waals surface area (Å²) in [4.78, 5) is 13.1. The van der Waals surface area contributed by atoms with Gasteiger partial charge in [0.05, 0.1) is 25.4 Å². The van der Waals surface area contributed by atoms with Crippen molar-refractivity contribution in [1.82, 2.24) is 5.32 Å². The molecule has 0 aromatic heterocycles. The van der Waals surface area contributed by atoms with Crippen LogP contribution in [-0.4, -0.2) is 110 Å². The maximum absolute atomic E-state index is 13.1. The number of aliphatic hydroxyl groups is 7. The molecular formula is C56H107NO10. The first-order valence-corrected chi connectivity index (χ1v) is 28.2. The van der Waals surface area contributed by atoms with Crippen molar-refractivity contribution in [3.05, 3.63) is 24.3 Å². The van der Waals surface area contributed by atoms with Gasteiger partial charge in [0.25, 0.3) is 0 Å². The molecule has 0 aromatic rings. The van der Waals surface area contributed by atoms with Crippen LogP contribution in [0.25, 0.3) is 0 Å². The molecule has 67 heavy (non-hydrogen) atoms. The maximum atomic E-state index is 13.1. The van der Waals surface area contributed by atoms with Crippen molar-refractivity contribution in [3.63, 3.8) is 0 Å². The summed E-state index contributed by atoms with van der Waals surface area (Å²) < 4.78 is 11.1. The summed E-state index contributed by atoms with van der Waals surface area (Å²) in [7, 11) is 0. The third-order valence-electron chi connectivity index (χ3n) is 13.7. The Morgan fingerprint density at radius 2 is 0.896 bits per heavy atom. The molecule has 0 aliphatic carbocycles. The van der Waals surface area contributed by atoms with Crippen LogP contribution < -0.4 is 5.32 Å². The molecule has 0 saturated carbocycles. The molecule has 9 unspecified atom stereocenters. The molecule has 1 rings (SSSR count). The minimum atomic E-state index is -1.67. The van der Waals surface area contributed by atoms with Gasteiger partial charge in [0, 0.05) is 0 Å². The quantitative estimate of drug-likeness (QED) is 0.0215. The lowest BCUT2D eigenvalue weighted by molar-refractivity contribution is -0.303. The average Bonchev–Trinajstić information content (AvgIpc) is 3.33. The molecule has 0 spiro atoms. The number of ether oxygens (including phenoxy) is 2. The van der Waals surface area contributed by atoms with E-state index in [1.54, 1.807) is 0 Å². The van der Waals surface area contributed by atoms with Gasteiger partial charge in [-0.05, 0) is 51.4 Å². The fourth-order valence-electron chi connectivity index (χ4n) is 9.11. The molecule has 1 aliphatic rings. The molecule has 9 atom stereocenters. The Balaban J connectivity index is 2.35. The number of hydrogen-bond donors (Lipinski definition) is 8. The van der Waals surface area contributed by atoms with Gasteiger partial charge in [-0.15, -0.1) is 0 Å². The number of carbonyl (C=O) groups is 1. The average molecular weight is 954 g/mol. The van der Waals surface area contributed by atoms with Crippen molar-refractivity contribution in [1.29, 1.82) is 0 Å². The second-order valence-electron chi connectivity index (χ2n) is 20.0. The van der Waals surface area contributed by atoms with Gasteiger partial charge in [-0.3, -0.25) is 4.79 Å². The zero-order valence-electron chi connectivity index (χ0n) is 43.1. The number of nitrogens with one attached hydrogen (secondary N) is 1. The van der Waals surface area contributed by atoms with Crippen molar-refractivity contribution in [3.8, 4) is 0 Å². The second-order valence-corrected chi connectivity index (χ2v) is 20.0. The van der Waals surface area contributed by atoms with Crippen LogP contribution in [0.2, 0.25) is 0 Å². The topological polar surface area (TPSA) is 189 Å². The normalized spacial score (nSPS) is 20.8. The SMILES string of the molecule is CCCCCCCCCCCCCCCCC/C=C/CC/C=C/CCCC(O)C(O)C(COC1OC(CO)C(O)C(O)C1O)NC(=O)C(O)CCCCCCCCCCCCCCCCCC. The highest BCUT2D eigenvalue weighted by Gasteiger charge is 2.44. The summed E-state index contributed by atoms with van der Waals surface area (Å²) in [6.07, 6.45) is 42.3. The molecule has 1 amide bonds. The minimum absolute atomic E-state index is 0.249. The molecule has 11 nitrogen and oxygen atoms in total. The first kappa shape index (κ1) is 63.6. The Morgan fingerprint density at radius 1 is 0.507 bits per heavy atom. The third kappa shape index (κ3) is 34.5. The minimum Gasteiger partial charge on any atom is -0.394 e. The lowest BCUT2D eigenvalue weighted by atomic mass is 9.98.